The van der Waals surface area contributed by atoms with Crippen LogP contribution in [0, 0.1) is 11.6 Å². The second-order valence-corrected chi connectivity index (χ2v) is 6.25. The molecule has 0 bridgehead atoms. The molecule has 1 aromatic carbocycles. The molecule has 0 saturated carbocycles. The van der Waals surface area contributed by atoms with Gasteiger partial charge >= 0.3 is 5.69 Å². The van der Waals surface area contributed by atoms with E-state index >= 15 is 0 Å². The van der Waals surface area contributed by atoms with Gasteiger partial charge in [-0.05, 0) is 18.2 Å². The van der Waals surface area contributed by atoms with Gasteiger partial charge in [-0.1, -0.05) is 11.6 Å². The minimum Gasteiger partial charge on any atom is -0.348 e. The Balaban J connectivity index is 1.92. The predicted octanol–water partition coefficient (Wildman–Crippen LogP) is 1.49. The number of nitrogens with zero attached hydrogens (tertiary/aromatic N) is 3. The van der Waals surface area contributed by atoms with Gasteiger partial charge in [-0.2, -0.15) is 0 Å². The minimum atomic E-state index is -0.806. The summed E-state index contributed by atoms with van der Waals surface area (Å²) in [4.78, 5) is 40.4. The molecule has 7 nitrogen and oxygen atoms in total. The molecule has 0 saturated heterocycles. The van der Waals surface area contributed by atoms with E-state index in [4.69, 9.17) is 11.6 Å². The number of rotatable bonds is 3. The van der Waals surface area contributed by atoms with Crippen LogP contribution >= 0.6 is 11.6 Å². The Morgan fingerprint density at radius 1 is 1.15 bits per heavy atom. The van der Waals surface area contributed by atoms with E-state index in [1.807, 2.05) is 0 Å². The molecule has 140 valence electrons. The van der Waals surface area contributed by atoms with Gasteiger partial charge < -0.3 is 5.32 Å². The number of halogens is 3. The van der Waals surface area contributed by atoms with E-state index in [9.17, 15) is 23.2 Å². The average molecular weight is 395 g/mol. The number of fused-ring (bicyclic) bond motifs is 1. The maximum Gasteiger partial charge on any atom is 0.332 e. The molecule has 0 spiro atoms. The van der Waals surface area contributed by atoms with E-state index in [0.717, 1.165) is 16.7 Å². The zero-order valence-corrected chi connectivity index (χ0v) is 15.0. The Hall–Kier alpha value is -3.07. The number of amides is 1. The zero-order chi connectivity index (χ0) is 19.9. The molecule has 2 aromatic heterocycles. The Morgan fingerprint density at radius 3 is 2.56 bits per heavy atom. The summed E-state index contributed by atoms with van der Waals surface area (Å²) >= 11 is 5.49. The van der Waals surface area contributed by atoms with Crippen LogP contribution in [0.25, 0.3) is 11.0 Å². The number of pyridine rings is 1. The SMILES string of the molecule is Cn1c(=O)c2cc(C(=O)NCc3cc(F)c(Cl)cc3F)cnc2n(C)c1=O. The fourth-order valence-corrected chi connectivity index (χ4v) is 2.72. The first-order chi connectivity index (χ1) is 12.7. The minimum absolute atomic E-state index is 0.0353. The van der Waals surface area contributed by atoms with Crippen LogP contribution in [0.5, 0.6) is 0 Å². The normalized spacial score (nSPS) is 11.0. The fraction of sp³-hybridized carbons (Fsp3) is 0.176. The van der Waals surface area contributed by atoms with Crippen LogP contribution < -0.4 is 16.6 Å². The van der Waals surface area contributed by atoms with E-state index < -0.39 is 28.8 Å². The quantitative estimate of drug-likeness (QED) is 0.682. The Kier molecular flexibility index (Phi) is 4.79. The fourth-order valence-electron chi connectivity index (χ4n) is 2.57. The lowest BCUT2D eigenvalue weighted by molar-refractivity contribution is 0.0950. The highest BCUT2D eigenvalue weighted by Gasteiger charge is 2.15. The van der Waals surface area contributed by atoms with Crippen molar-refractivity contribution in [2.24, 2.45) is 14.1 Å². The Bertz CT molecular complexity index is 1200. The maximum absolute atomic E-state index is 13.8. The Morgan fingerprint density at radius 2 is 1.85 bits per heavy atom. The molecule has 3 aromatic rings. The highest BCUT2D eigenvalue weighted by molar-refractivity contribution is 6.30. The molecule has 1 amide bonds. The third-order valence-corrected chi connectivity index (χ3v) is 4.37. The third-order valence-electron chi connectivity index (χ3n) is 4.08. The molecule has 3 rings (SSSR count). The molecule has 0 atom stereocenters. The monoisotopic (exact) mass is 394 g/mol. The first-order valence-corrected chi connectivity index (χ1v) is 8.06. The van der Waals surface area contributed by atoms with Crippen molar-refractivity contribution >= 4 is 28.5 Å². The van der Waals surface area contributed by atoms with E-state index in [-0.39, 0.29) is 33.7 Å². The van der Waals surface area contributed by atoms with Crippen LogP contribution in [-0.2, 0) is 20.6 Å². The summed E-state index contributed by atoms with van der Waals surface area (Å²) < 4.78 is 29.3. The van der Waals surface area contributed by atoms with Gasteiger partial charge in [0.1, 0.15) is 17.3 Å². The lowest BCUT2D eigenvalue weighted by Gasteiger charge is -2.09. The average Bonchev–Trinajstić information content (AvgIpc) is 2.65. The van der Waals surface area contributed by atoms with Crippen molar-refractivity contribution in [3.05, 3.63) is 73.0 Å². The van der Waals surface area contributed by atoms with Gasteiger partial charge in [0.25, 0.3) is 11.5 Å². The predicted molar refractivity (Wildman–Crippen MR) is 94.8 cm³/mol. The first kappa shape index (κ1) is 18.7. The van der Waals surface area contributed by atoms with Gasteiger partial charge in [0.2, 0.25) is 0 Å². The molecular formula is C17H13ClF2N4O3. The van der Waals surface area contributed by atoms with Crippen LogP contribution in [-0.4, -0.2) is 20.0 Å². The summed E-state index contributed by atoms with van der Waals surface area (Å²) in [6, 6.07) is 3.00. The third kappa shape index (κ3) is 3.33. The van der Waals surface area contributed by atoms with Crippen molar-refractivity contribution in [1.82, 2.24) is 19.4 Å². The lowest BCUT2D eigenvalue weighted by atomic mass is 10.2. The van der Waals surface area contributed by atoms with Crippen molar-refractivity contribution in [3.8, 4) is 0 Å². The van der Waals surface area contributed by atoms with E-state index in [1.54, 1.807) is 0 Å². The number of carbonyl (C=O) groups is 1. The summed E-state index contributed by atoms with van der Waals surface area (Å²) in [5.74, 6) is -2.21. The number of hydrogen-bond donors (Lipinski definition) is 1. The Labute approximate surface area is 155 Å². The maximum atomic E-state index is 13.8. The summed E-state index contributed by atoms with van der Waals surface area (Å²) in [5, 5.41) is 2.14. The molecule has 0 aliphatic carbocycles. The van der Waals surface area contributed by atoms with Crippen LogP contribution in [0.15, 0.2) is 34.0 Å². The molecule has 10 heteroatoms. The van der Waals surface area contributed by atoms with Crippen LogP contribution in [0.2, 0.25) is 5.02 Å². The first-order valence-electron chi connectivity index (χ1n) is 7.68. The van der Waals surface area contributed by atoms with Gasteiger partial charge in [-0.15, -0.1) is 0 Å². The van der Waals surface area contributed by atoms with Gasteiger partial charge in [-0.3, -0.25) is 18.7 Å². The molecule has 27 heavy (non-hydrogen) atoms. The van der Waals surface area contributed by atoms with Crippen LogP contribution in [0.4, 0.5) is 8.78 Å². The molecule has 0 aliphatic heterocycles. The number of nitrogens with one attached hydrogen (secondary N) is 1. The summed E-state index contributed by atoms with van der Waals surface area (Å²) in [6.45, 7) is -0.290. The summed E-state index contributed by atoms with van der Waals surface area (Å²) in [6.07, 6.45) is 1.19. The molecule has 1 N–H and O–H groups in total. The number of aromatic nitrogens is 3. The lowest BCUT2D eigenvalue weighted by Crippen LogP contribution is -2.37. The molecular weight excluding hydrogens is 382 g/mol. The number of benzene rings is 1. The molecule has 2 heterocycles. The molecule has 0 unspecified atom stereocenters. The van der Waals surface area contributed by atoms with Crippen molar-refractivity contribution in [2.45, 2.75) is 6.54 Å². The zero-order valence-electron chi connectivity index (χ0n) is 14.2. The second-order valence-electron chi connectivity index (χ2n) is 5.84. The highest BCUT2D eigenvalue weighted by atomic mass is 35.5. The largest absolute Gasteiger partial charge is 0.348 e. The molecule has 0 radical (unpaired) electrons. The van der Waals surface area contributed by atoms with E-state index in [0.29, 0.717) is 0 Å². The number of hydrogen-bond acceptors (Lipinski definition) is 4. The summed E-state index contributed by atoms with van der Waals surface area (Å²) in [7, 11) is 2.77. The van der Waals surface area contributed by atoms with Gasteiger partial charge in [0.05, 0.1) is 16.0 Å². The van der Waals surface area contributed by atoms with Crippen molar-refractivity contribution < 1.29 is 13.6 Å². The molecule has 0 fully saturated rings. The van der Waals surface area contributed by atoms with E-state index in [2.05, 4.69) is 10.3 Å². The van der Waals surface area contributed by atoms with Crippen molar-refractivity contribution in [1.29, 1.82) is 0 Å². The van der Waals surface area contributed by atoms with Crippen molar-refractivity contribution in [2.75, 3.05) is 0 Å². The molecule has 0 aliphatic rings. The van der Waals surface area contributed by atoms with Gasteiger partial charge in [-0.25, -0.2) is 18.6 Å². The smallest absolute Gasteiger partial charge is 0.332 e. The standard InChI is InChI=1S/C17H13ClF2N4O3/c1-23-14-10(16(26)24(2)17(23)27)3-9(7-21-14)15(25)22-6-8-4-13(20)11(18)5-12(8)19/h3-5,7H,6H2,1-2H3,(H,22,25). The van der Waals surface area contributed by atoms with E-state index in [1.165, 1.54) is 30.9 Å². The topological polar surface area (TPSA) is 86.0 Å². The number of aryl methyl sites for hydroxylation is 1. The highest BCUT2D eigenvalue weighted by Crippen LogP contribution is 2.19. The summed E-state index contributed by atoms with van der Waals surface area (Å²) in [5.41, 5.74) is -1.06. The second kappa shape index (κ2) is 6.92. The van der Waals surface area contributed by atoms with Gasteiger partial charge in [0, 0.05) is 32.4 Å². The van der Waals surface area contributed by atoms with Gasteiger partial charge in [0.15, 0.2) is 0 Å². The van der Waals surface area contributed by atoms with Crippen LogP contribution in [0.3, 0.4) is 0 Å². The van der Waals surface area contributed by atoms with Crippen LogP contribution in [0.1, 0.15) is 15.9 Å². The van der Waals surface area contributed by atoms with Crippen molar-refractivity contribution in [3.63, 3.8) is 0 Å². The number of carbonyl (C=O) groups excluding carboxylic acids is 1.